The summed E-state index contributed by atoms with van der Waals surface area (Å²) in [7, 11) is 0. The van der Waals surface area contributed by atoms with Gasteiger partial charge in [0.2, 0.25) is 0 Å². The fourth-order valence-electron chi connectivity index (χ4n) is 2.08. The molecule has 1 aliphatic carbocycles. The number of ether oxygens (including phenoxy) is 1. The third kappa shape index (κ3) is 4.77. The SMILES string of the molecule is CCCCCCCCOC1C=CC(C)=C(C)C1=O. The molecular weight excluding hydrogens is 224 g/mol. The first-order valence-electron chi connectivity index (χ1n) is 7.18. The Morgan fingerprint density at radius 2 is 1.78 bits per heavy atom. The second-order valence-electron chi connectivity index (χ2n) is 5.09. The number of allylic oxidation sites excluding steroid dienone is 2. The number of ketones is 1. The van der Waals surface area contributed by atoms with E-state index >= 15 is 0 Å². The van der Waals surface area contributed by atoms with Crippen LogP contribution in [-0.2, 0) is 9.53 Å². The summed E-state index contributed by atoms with van der Waals surface area (Å²) < 4.78 is 5.65. The van der Waals surface area contributed by atoms with Crippen LogP contribution < -0.4 is 0 Å². The maximum atomic E-state index is 11.9. The number of unbranched alkanes of at least 4 members (excludes halogenated alkanes) is 5. The second-order valence-corrected chi connectivity index (χ2v) is 5.09. The van der Waals surface area contributed by atoms with Gasteiger partial charge in [0.1, 0.15) is 6.10 Å². The van der Waals surface area contributed by atoms with Gasteiger partial charge < -0.3 is 4.74 Å². The molecule has 0 aromatic carbocycles. The normalized spacial score (nSPS) is 19.7. The summed E-state index contributed by atoms with van der Waals surface area (Å²) in [5, 5.41) is 0. The Balaban J connectivity index is 2.14. The van der Waals surface area contributed by atoms with Crippen LogP contribution in [0, 0.1) is 0 Å². The number of Topliss-reactive ketones (excluding diaryl/α,β-unsaturated/α-hetero) is 1. The zero-order valence-electron chi connectivity index (χ0n) is 12.0. The first-order valence-corrected chi connectivity index (χ1v) is 7.18. The van der Waals surface area contributed by atoms with E-state index in [9.17, 15) is 4.79 Å². The molecule has 0 fully saturated rings. The van der Waals surface area contributed by atoms with Crippen LogP contribution >= 0.6 is 0 Å². The van der Waals surface area contributed by atoms with Gasteiger partial charge in [0.15, 0.2) is 5.78 Å². The maximum absolute atomic E-state index is 11.9. The second kappa shape index (κ2) is 8.25. The molecule has 0 radical (unpaired) electrons. The smallest absolute Gasteiger partial charge is 0.191 e. The van der Waals surface area contributed by atoms with Crippen LogP contribution in [0.3, 0.4) is 0 Å². The summed E-state index contributed by atoms with van der Waals surface area (Å²) in [6.45, 7) is 6.76. The average Bonchev–Trinajstić information content (AvgIpc) is 2.37. The predicted molar refractivity (Wildman–Crippen MR) is 75.6 cm³/mol. The molecule has 0 N–H and O–H groups in total. The average molecular weight is 250 g/mol. The Morgan fingerprint density at radius 3 is 2.50 bits per heavy atom. The minimum atomic E-state index is -0.343. The number of hydrogen-bond acceptors (Lipinski definition) is 2. The lowest BCUT2D eigenvalue weighted by Crippen LogP contribution is -2.26. The van der Waals surface area contributed by atoms with Gasteiger partial charge in [-0.15, -0.1) is 0 Å². The fourth-order valence-corrected chi connectivity index (χ4v) is 2.08. The number of carbonyl (C=O) groups is 1. The van der Waals surface area contributed by atoms with Crippen molar-refractivity contribution < 1.29 is 9.53 Å². The molecule has 1 atom stereocenters. The van der Waals surface area contributed by atoms with Crippen LogP contribution in [0.1, 0.15) is 59.3 Å². The van der Waals surface area contributed by atoms with Gasteiger partial charge in [-0.2, -0.15) is 0 Å². The van der Waals surface area contributed by atoms with Crippen LogP contribution in [-0.4, -0.2) is 18.5 Å². The quantitative estimate of drug-likeness (QED) is 0.603. The molecule has 0 spiro atoms. The fraction of sp³-hybridized carbons (Fsp3) is 0.688. The van der Waals surface area contributed by atoms with E-state index in [-0.39, 0.29) is 11.9 Å². The van der Waals surface area contributed by atoms with E-state index in [0.717, 1.165) is 17.6 Å². The highest BCUT2D eigenvalue weighted by Gasteiger charge is 2.21. The van der Waals surface area contributed by atoms with E-state index in [1.165, 1.54) is 32.1 Å². The Kier molecular flexibility index (Phi) is 6.96. The highest BCUT2D eigenvalue weighted by Crippen LogP contribution is 2.17. The van der Waals surface area contributed by atoms with Crippen LogP contribution in [0.2, 0.25) is 0 Å². The van der Waals surface area contributed by atoms with E-state index in [4.69, 9.17) is 4.74 Å². The summed E-state index contributed by atoms with van der Waals surface area (Å²) in [6, 6.07) is 0. The van der Waals surface area contributed by atoms with Crippen molar-refractivity contribution in [1.29, 1.82) is 0 Å². The summed E-state index contributed by atoms with van der Waals surface area (Å²) in [6.07, 6.45) is 11.0. The topological polar surface area (TPSA) is 26.3 Å². The van der Waals surface area contributed by atoms with Crippen LogP contribution in [0.25, 0.3) is 0 Å². The van der Waals surface area contributed by atoms with Crippen molar-refractivity contribution in [3.05, 3.63) is 23.3 Å². The minimum Gasteiger partial charge on any atom is -0.366 e. The van der Waals surface area contributed by atoms with Gasteiger partial charge in [-0.25, -0.2) is 0 Å². The lowest BCUT2D eigenvalue weighted by molar-refractivity contribution is -0.124. The molecule has 102 valence electrons. The van der Waals surface area contributed by atoms with Gasteiger partial charge in [-0.1, -0.05) is 45.1 Å². The molecule has 0 saturated carbocycles. The molecule has 0 saturated heterocycles. The Bertz CT molecular complexity index is 326. The maximum Gasteiger partial charge on any atom is 0.191 e. The van der Waals surface area contributed by atoms with Crippen LogP contribution in [0.4, 0.5) is 0 Å². The third-order valence-corrected chi connectivity index (χ3v) is 3.54. The molecule has 0 heterocycles. The molecule has 0 aliphatic heterocycles. The number of hydrogen-bond donors (Lipinski definition) is 0. The van der Waals surface area contributed by atoms with Gasteiger partial charge in [-0.05, 0) is 37.5 Å². The number of rotatable bonds is 8. The molecule has 2 heteroatoms. The molecule has 1 aliphatic rings. The first kappa shape index (κ1) is 15.2. The monoisotopic (exact) mass is 250 g/mol. The van der Waals surface area contributed by atoms with Gasteiger partial charge >= 0.3 is 0 Å². The van der Waals surface area contributed by atoms with Crippen molar-refractivity contribution in [3.63, 3.8) is 0 Å². The molecular formula is C16H26O2. The summed E-state index contributed by atoms with van der Waals surface area (Å²) in [4.78, 5) is 11.9. The van der Waals surface area contributed by atoms with Gasteiger partial charge in [0.05, 0.1) is 0 Å². The first-order chi connectivity index (χ1) is 8.66. The van der Waals surface area contributed by atoms with Crippen LogP contribution in [0.15, 0.2) is 23.3 Å². The predicted octanol–water partition coefficient (Wildman–Crippen LogP) is 4.21. The van der Waals surface area contributed by atoms with Gasteiger partial charge in [-0.3, -0.25) is 4.79 Å². The standard InChI is InChI=1S/C16H26O2/c1-4-5-6-7-8-9-12-18-15-11-10-13(2)14(3)16(15)17/h10-11,15H,4-9,12H2,1-3H3. The van der Waals surface area contributed by atoms with E-state index in [1.807, 2.05) is 26.0 Å². The molecule has 0 aromatic rings. The van der Waals surface area contributed by atoms with Gasteiger partial charge in [0.25, 0.3) is 0 Å². The van der Waals surface area contributed by atoms with E-state index in [1.54, 1.807) is 0 Å². The Morgan fingerprint density at radius 1 is 1.11 bits per heavy atom. The third-order valence-electron chi connectivity index (χ3n) is 3.54. The van der Waals surface area contributed by atoms with Crippen molar-refractivity contribution in [2.24, 2.45) is 0 Å². The van der Waals surface area contributed by atoms with Crippen molar-refractivity contribution in [2.75, 3.05) is 6.61 Å². The Hall–Kier alpha value is -0.890. The van der Waals surface area contributed by atoms with Crippen molar-refractivity contribution in [1.82, 2.24) is 0 Å². The largest absolute Gasteiger partial charge is 0.366 e. The lowest BCUT2D eigenvalue weighted by atomic mass is 9.97. The summed E-state index contributed by atoms with van der Waals surface area (Å²) in [5.74, 6) is 0.126. The van der Waals surface area contributed by atoms with Crippen molar-refractivity contribution in [3.8, 4) is 0 Å². The molecule has 0 amide bonds. The zero-order valence-corrected chi connectivity index (χ0v) is 12.0. The molecule has 1 unspecified atom stereocenters. The Labute approximate surface area is 111 Å². The molecule has 0 bridgehead atoms. The van der Waals surface area contributed by atoms with Crippen LogP contribution in [0.5, 0.6) is 0 Å². The minimum absolute atomic E-state index is 0.126. The highest BCUT2D eigenvalue weighted by atomic mass is 16.5. The summed E-state index contributed by atoms with van der Waals surface area (Å²) in [5.41, 5.74) is 1.89. The lowest BCUT2D eigenvalue weighted by Gasteiger charge is -2.18. The van der Waals surface area contributed by atoms with Gasteiger partial charge in [0, 0.05) is 6.61 Å². The van der Waals surface area contributed by atoms with E-state index < -0.39 is 0 Å². The molecule has 1 rings (SSSR count). The van der Waals surface area contributed by atoms with Crippen molar-refractivity contribution in [2.45, 2.75) is 65.4 Å². The van der Waals surface area contributed by atoms with E-state index in [2.05, 4.69) is 6.92 Å². The molecule has 0 aromatic heterocycles. The molecule has 18 heavy (non-hydrogen) atoms. The van der Waals surface area contributed by atoms with Crippen molar-refractivity contribution >= 4 is 5.78 Å². The molecule has 2 nitrogen and oxygen atoms in total. The number of carbonyl (C=O) groups excluding carboxylic acids is 1. The highest BCUT2D eigenvalue weighted by molar-refractivity contribution is 6.01. The van der Waals surface area contributed by atoms with E-state index in [0.29, 0.717) is 6.61 Å². The zero-order chi connectivity index (χ0) is 13.4. The summed E-state index contributed by atoms with van der Waals surface area (Å²) >= 11 is 0.